The van der Waals surface area contributed by atoms with Crippen LogP contribution >= 0.6 is 0 Å². The average molecular weight is 266 g/mol. The van der Waals surface area contributed by atoms with Gasteiger partial charge in [0.15, 0.2) is 5.96 Å². The van der Waals surface area contributed by atoms with Gasteiger partial charge in [0.1, 0.15) is 12.4 Å². The van der Waals surface area contributed by atoms with Crippen molar-refractivity contribution in [2.24, 2.45) is 4.99 Å². The fourth-order valence-electron chi connectivity index (χ4n) is 1.43. The van der Waals surface area contributed by atoms with Crippen LogP contribution in [0.4, 0.5) is 10.1 Å². The molecule has 1 rings (SSSR count). The van der Waals surface area contributed by atoms with Crippen molar-refractivity contribution in [3.63, 3.8) is 0 Å². The first-order valence-electron chi connectivity index (χ1n) is 6.23. The molecule has 6 heteroatoms. The Balaban J connectivity index is 2.52. The third-order valence-electron chi connectivity index (χ3n) is 2.18. The van der Waals surface area contributed by atoms with Crippen LogP contribution in [0.5, 0.6) is 0 Å². The lowest BCUT2D eigenvalue weighted by atomic mass is 10.3. The number of hydrogen-bond donors (Lipinski definition) is 3. The molecule has 0 aliphatic heterocycles. The zero-order valence-corrected chi connectivity index (χ0v) is 11.2. The number of aliphatic imine (C=N–C) groups is 1. The van der Waals surface area contributed by atoms with Crippen molar-refractivity contribution < 1.29 is 9.18 Å². The first kappa shape index (κ1) is 14.9. The number of guanidine groups is 1. The molecule has 0 aliphatic carbocycles. The second-order valence-electron chi connectivity index (χ2n) is 3.78. The van der Waals surface area contributed by atoms with E-state index in [0.29, 0.717) is 11.6 Å². The van der Waals surface area contributed by atoms with Crippen LogP contribution in [0.15, 0.2) is 29.3 Å². The fraction of sp³-hybridized carbons (Fsp3) is 0.385. The Bertz CT molecular complexity index is 440. The van der Waals surface area contributed by atoms with Crippen LogP contribution in [0.1, 0.15) is 13.8 Å². The smallest absolute Gasteiger partial charge is 0.246 e. The third-order valence-corrected chi connectivity index (χ3v) is 2.18. The molecule has 0 fully saturated rings. The van der Waals surface area contributed by atoms with Gasteiger partial charge in [0.05, 0.1) is 0 Å². The molecule has 0 radical (unpaired) electrons. The summed E-state index contributed by atoms with van der Waals surface area (Å²) in [5.74, 6) is -0.0967. The SMILES string of the molecule is CCNC(=NCC(=O)Nc1cccc(F)c1)NCC. The highest BCUT2D eigenvalue weighted by Crippen LogP contribution is 2.08. The molecule has 1 amide bonds. The number of benzene rings is 1. The molecule has 0 aromatic heterocycles. The maximum absolute atomic E-state index is 12.9. The van der Waals surface area contributed by atoms with Crippen molar-refractivity contribution >= 4 is 17.6 Å². The van der Waals surface area contributed by atoms with Crippen molar-refractivity contribution in [2.45, 2.75) is 13.8 Å². The van der Waals surface area contributed by atoms with Crippen LogP contribution in [0, 0.1) is 5.82 Å². The predicted molar refractivity (Wildman–Crippen MR) is 74.7 cm³/mol. The predicted octanol–water partition coefficient (Wildman–Crippen LogP) is 1.34. The Kier molecular flexibility index (Phi) is 6.35. The van der Waals surface area contributed by atoms with Crippen molar-refractivity contribution in [1.82, 2.24) is 10.6 Å². The minimum atomic E-state index is -0.387. The number of rotatable bonds is 5. The largest absolute Gasteiger partial charge is 0.357 e. The van der Waals surface area contributed by atoms with Crippen LogP contribution < -0.4 is 16.0 Å². The topological polar surface area (TPSA) is 65.5 Å². The zero-order valence-electron chi connectivity index (χ0n) is 11.2. The van der Waals surface area contributed by atoms with Gasteiger partial charge in [0.2, 0.25) is 5.91 Å². The Labute approximate surface area is 112 Å². The van der Waals surface area contributed by atoms with Gasteiger partial charge >= 0.3 is 0 Å². The highest BCUT2D eigenvalue weighted by Gasteiger charge is 2.03. The average Bonchev–Trinajstić information content (AvgIpc) is 2.36. The lowest BCUT2D eigenvalue weighted by Crippen LogP contribution is -2.37. The zero-order chi connectivity index (χ0) is 14.1. The summed E-state index contributed by atoms with van der Waals surface area (Å²) in [5.41, 5.74) is 0.425. The Morgan fingerprint density at radius 2 is 1.95 bits per heavy atom. The van der Waals surface area contributed by atoms with Gasteiger partial charge in [0, 0.05) is 18.8 Å². The molecule has 1 aromatic rings. The van der Waals surface area contributed by atoms with Gasteiger partial charge in [-0.1, -0.05) is 6.07 Å². The van der Waals surface area contributed by atoms with E-state index in [4.69, 9.17) is 0 Å². The van der Waals surface area contributed by atoms with Gasteiger partial charge < -0.3 is 16.0 Å². The van der Waals surface area contributed by atoms with Gasteiger partial charge in [-0.3, -0.25) is 4.79 Å². The van der Waals surface area contributed by atoms with Crippen LogP contribution in [-0.4, -0.2) is 31.5 Å². The van der Waals surface area contributed by atoms with E-state index in [1.165, 1.54) is 18.2 Å². The maximum atomic E-state index is 12.9. The van der Waals surface area contributed by atoms with E-state index in [-0.39, 0.29) is 18.3 Å². The number of carbonyl (C=O) groups excluding carboxylic acids is 1. The van der Waals surface area contributed by atoms with Crippen LogP contribution in [0.3, 0.4) is 0 Å². The first-order valence-corrected chi connectivity index (χ1v) is 6.23. The second kappa shape index (κ2) is 8.07. The van der Waals surface area contributed by atoms with E-state index >= 15 is 0 Å². The number of nitrogens with zero attached hydrogens (tertiary/aromatic N) is 1. The molecule has 0 atom stereocenters. The molecule has 0 bridgehead atoms. The molecule has 0 aliphatic rings. The van der Waals surface area contributed by atoms with E-state index in [0.717, 1.165) is 13.1 Å². The Morgan fingerprint density at radius 1 is 1.26 bits per heavy atom. The minimum Gasteiger partial charge on any atom is -0.357 e. The minimum absolute atomic E-state index is 0.0220. The molecule has 3 N–H and O–H groups in total. The van der Waals surface area contributed by atoms with Gasteiger partial charge in [-0.25, -0.2) is 9.38 Å². The number of anilines is 1. The number of amides is 1. The second-order valence-corrected chi connectivity index (χ2v) is 3.78. The molecule has 0 saturated carbocycles. The summed E-state index contributed by atoms with van der Waals surface area (Å²) in [6, 6.07) is 5.75. The van der Waals surface area contributed by atoms with E-state index in [9.17, 15) is 9.18 Å². The summed E-state index contributed by atoms with van der Waals surface area (Å²) in [6.45, 7) is 5.31. The van der Waals surface area contributed by atoms with E-state index in [1.54, 1.807) is 6.07 Å². The lowest BCUT2D eigenvalue weighted by molar-refractivity contribution is -0.114. The molecular weight excluding hydrogens is 247 g/mol. The molecule has 0 unspecified atom stereocenters. The fourth-order valence-corrected chi connectivity index (χ4v) is 1.43. The van der Waals surface area contributed by atoms with Crippen LogP contribution in [-0.2, 0) is 4.79 Å². The highest BCUT2D eigenvalue weighted by molar-refractivity contribution is 5.94. The maximum Gasteiger partial charge on any atom is 0.246 e. The van der Waals surface area contributed by atoms with E-state index < -0.39 is 0 Å². The molecule has 5 nitrogen and oxygen atoms in total. The summed E-state index contributed by atoms with van der Waals surface area (Å²) < 4.78 is 12.9. The van der Waals surface area contributed by atoms with Gasteiger partial charge in [-0.2, -0.15) is 0 Å². The monoisotopic (exact) mass is 266 g/mol. The van der Waals surface area contributed by atoms with Crippen molar-refractivity contribution in [2.75, 3.05) is 25.0 Å². The Hall–Kier alpha value is -2.11. The van der Waals surface area contributed by atoms with Gasteiger partial charge in [0.25, 0.3) is 0 Å². The number of nitrogens with one attached hydrogen (secondary N) is 3. The van der Waals surface area contributed by atoms with Crippen molar-refractivity contribution in [3.8, 4) is 0 Å². The van der Waals surface area contributed by atoms with Crippen LogP contribution in [0.25, 0.3) is 0 Å². The van der Waals surface area contributed by atoms with Crippen molar-refractivity contribution in [3.05, 3.63) is 30.1 Å². The van der Waals surface area contributed by atoms with Gasteiger partial charge in [-0.05, 0) is 32.0 Å². The summed E-state index contributed by atoms with van der Waals surface area (Å²) in [4.78, 5) is 15.8. The highest BCUT2D eigenvalue weighted by atomic mass is 19.1. The molecule has 0 spiro atoms. The lowest BCUT2D eigenvalue weighted by Gasteiger charge is -2.09. The molecule has 19 heavy (non-hydrogen) atoms. The standard InChI is InChI=1S/C13H19FN4O/c1-3-15-13(16-4-2)17-9-12(19)18-11-7-5-6-10(14)8-11/h5-8H,3-4,9H2,1-2H3,(H,18,19)(H2,15,16,17). The Morgan fingerprint density at radius 3 is 2.53 bits per heavy atom. The molecule has 0 saturated heterocycles. The summed E-state index contributed by atoms with van der Waals surface area (Å²) in [5, 5.41) is 8.60. The molecular formula is C13H19FN4O. The number of hydrogen-bond acceptors (Lipinski definition) is 2. The van der Waals surface area contributed by atoms with E-state index in [2.05, 4.69) is 20.9 Å². The number of carbonyl (C=O) groups is 1. The number of halogens is 1. The van der Waals surface area contributed by atoms with Crippen LogP contribution in [0.2, 0.25) is 0 Å². The quantitative estimate of drug-likeness (QED) is 0.556. The van der Waals surface area contributed by atoms with Gasteiger partial charge in [-0.15, -0.1) is 0 Å². The summed E-state index contributed by atoms with van der Waals surface area (Å²) in [7, 11) is 0. The molecule has 0 heterocycles. The molecule has 104 valence electrons. The summed E-state index contributed by atoms with van der Waals surface area (Å²) in [6.07, 6.45) is 0. The normalized spacial score (nSPS) is 9.63. The van der Waals surface area contributed by atoms with Crippen molar-refractivity contribution in [1.29, 1.82) is 0 Å². The molecule has 1 aromatic carbocycles. The third kappa shape index (κ3) is 5.85. The summed E-state index contributed by atoms with van der Waals surface area (Å²) >= 11 is 0. The van der Waals surface area contributed by atoms with E-state index in [1.807, 2.05) is 13.8 Å². The first-order chi connectivity index (χ1) is 9.15.